The molecule has 0 radical (unpaired) electrons. The minimum absolute atomic E-state index is 0.0932. The lowest BCUT2D eigenvalue weighted by molar-refractivity contribution is 0.0694. The standard InChI is InChI=1S/C18H19N5O2/c1-12-10-15(22-25-12)18(24)23-9-5-8-14(11-23)17-19-16(20-21-17)13-6-3-2-4-7-13/h2-4,6-7,10,14H,5,8-9,11H2,1H3,(H,19,20,21). The average molecular weight is 337 g/mol. The van der Waals surface area contributed by atoms with E-state index in [1.165, 1.54) is 0 Å². The molecule has 3 heterocycles. The van der Waals surface area contributed by atoms with Gasteiger partial charge in [-0.1, -0.05) is 35.5 Å². The Morgan fingerprint density at radius 2 is 2.16 bits per heavy atom. The summed E-state index contributed by atoms with van der Waals surface area (Å²) in [5, 5.41) is 11.2. The molecule has 1 unspecified atom stereocenters. The Labute approximate surface area is 145 Å². The summed E-state index contributed by atoms with van der Waals surface area (Å²) in [7, 11) is 0. The Morgan fingerprint density at radius 3 is 2.92 bits per heavy atom. The molecule has 1 saturated heterocycles. The number of hydrogen-bond acceptors (Lipinski definition) is 5. The van der Waals surface area contributed by atoms with Gasteiger partial charge in [-0.2, -0.15) is 5.10 Å². The first-order valence-electron chi connectivity index (χ1n) is 8.41. The molecule has 2 aromatic heterocycles. The molecule has 0 bridgehead atoms. The van der Waals surface area contributed by atoms with Gasteiger partial charge >= 0.3 is 0 Å². The number of H-pyrrole nitrogens is 1. The van der Waals surface area contributed by atoms with Crippen LogP contribution in [-0.2, 0) is 0 Å². The van der Waals surface area contributed by atoms with Crippen molar-refractivity contribution < 1.29 is 9.32 Å². The van der Waals surface area contributed by atoms with E-state index in [4.69, 9.17) is 4.52 Å². The van der Waals surface area contributed by atoms with E-state index in [2.05, 4.69) is 20.3 Å². The second kappa shape index (κ2) is 6.51. The Kier molecular flexibility index (Phi) is 4.05. The van der Waals surface area contributed by atoms with Gasteiger partial charge in [0.15, 0.2) is 11.5 Å². The van der Waals surface area contributed by atoms with E-state index in [1.54, 1.807) is 13.0 Å². The summed E-state index contributed by atoms with van der Waals surface area (Å²) < 4.78 is 5.01. The molecule has 7 nitrogen and oxygen atoms in total. The van der Waals surface area contributed by atoms with Gasteiger partial charge in [-0.05, 0) is 19.8 Å². The zero-order valence-electron chi connectivity index (χ0n) is 14.0. The molecule has 0 aliphatic carbocycles. The van der Waals surface area contributed by atoms with Gasteiger partial charge in [0.1, 0.15) is 11.6 Å². The van der Waals surface area contributed by atoms with E-state index < -0.39 is 0 Å². The second-order valence-corrected chi connectivity index (χ2v) is 6.32. The SMILES string of the molecule is Cc1cc(C(=O)N2CCCC(c3nc(-c4ccccc4)n[nH]3)C2)no1. The number of carbonyl (C=O) groups is 1. The van der Waals surface area contributed by atoms with Crippen LogP contribution in [0, 0.1) is 6.92 Å². The summed E-state index contributed by atoms with van der Waals surface area (Å²) in [5.41, 5.74) is 1.34. The average Bonchev–Trinajstić information content (AvgIpc) is 3.31. The van der Waals surface area contributed by atoms with Gasteiger partial charge in [0.05, 0.1) is 0 Å². The number of benzene rings is 1. The number of nitrogens with one attached hydrogen (secondary N) is 1. The molecule has 1 amide bonds. The van der Waals surface area contributed by atoms with Crippen LogP contribution in [-0.4, -0.2) is 44.2 Å². The van der Waals surface area contributed by atoms with Crippen LogP contribution < -0.4 is 0 Å². The van der Waals surface area contributed by atoms with Crippen LogP contribution in [0.3, 0.4) is 0 Å². The van der Waals surface area contributed by atoms with Crippen LogP contribution in [0.5, 0.6) is 0 Å². The molecule has 3 aromatic rings. The minimum Gasteiger partial charge on any atom is -0.361 e. The minimum atomic E-state index is -0.0932. The maximum Gasteiger partial charge on any atom is 0.276 e. The highest BCUT2D eigenvalue weighted by Crippen LogP contribution is 2.27. The zero-order chi connectivity index (χ0) is 17.2. The first kappa shape index (κ1) is 15.6. The van der Waals surface area contributed by atoms with Crippen LogP contribution in [0.4, 0.5) is 0 Å². The lowest BCUT2D eigenvalue weighted by Crippen LogP contribution is -2.39. The van der Waals surface area contributed by atoms with E-state index in [0.29, 0.717) is 23.8 Å². The van der Waals surface area contributed by atoms with Crippen molar-refractivity contribution in [1.29, 1.82) is 0 Å². The number of piperidine rings is 1. The molecule has 1 aliphatic rings. The lowest BCUT2D eigenvalue weighted by Gasteiger charge is -2.31. The summed E-state index contributed by atoms with van der Waals surface area (Å²) in [4.78, 5) is 19.0. The number of amides is 1. The van der Waals surface area contributed by atoms with Crippen molar-refractivity contribution in [2.24, 2.45) is 0 Å². The summed E-state index contributed by atoms with van der Waals surface area (Å²) in [6, 6.07) is 11.5. The van der Waals surface area contributed by atoms with Crippen molar-refractivity contribution in [2.75, 3.05) is 13.1 Å². The molecule has 128 valence electrons. The van der Waals surface area contributed by atoms with E-state index in [-0.39, 0.29) is 11.8 Å². The number of aromatic nitrogens is 4. The molecular weight excluding hydrogens is 318 g/mol. The third-order valence-electron chi connectivity index (χ3n) is 4.48. The maximum absolute atomic E-state index is 12.6. The molecule has 1 fully saturated rings. The quantitative estimate of drug-likeness (QED) is 0.794. The molecule has 0 spiro atoms. The Hall–Kier alpha value is -2.96. The Bertz CT molecular complexity index is 870. The predicted molar refractivity (Wildman–Crippen MR) is 90.9 cm³/mol. The van der Waals surface area contributed by atoms with Crippen LogP contribution in [0.25, 0.3) is 11.4 Å². The zero-order valence-corrected chi connectivity index (χ0v) is 14.0. The molecule has 4 rings (SSSR count). The monoisotopic (exact) mass is 337 g/mol. The largest absolute Gasteiger partial charge is 0.361 e. The van der Waals surface area contributed by atoms with Crippen molar-refractivity contribution in [1.82, 2.24) is 25.2 Å². The highest BCUT2D eigenvalue weighted by atomic mass is 16.5. The third kappa shape index (κ3) is 3.17. The number of aromatic amines is 1. The van der Waals surface area contributed by atoms with Gasteiger partial charge in [0.25, 0.3) is 5.91 Å². The van der Waals surface area contributed by atoms with Crippen LogP contribution >= 0.6 is 0 Å². The van der Waals surface area contributed by atoms with Gasteiger partial charge < -0.3 is 9.42 Å². The smallest absolute Gasteiger partial charge is 0.276 e. The number of aryl methyl sites for hydroxylation is 1. The topological polar surface area (TPSA) is 87.9 Å². The van der Waals surface area contributed by atoms with Gasteiger partial charge in [0, 0.05) is 30.6 Å². The highest BCUT2D eigenvalue weighted by molar-refractivity contribution is 5.92. The van der Waals surface area contributed by atoms with Crippen LogP contribution in [0.2, 0.25) is 0 Å². The fraction of sp³-hybridized carbons (Fsp3) is 0.333. The van der Waals surface area contributed by atoms with Crippen molar-refractivity contribution >= 4 is 5.91 Å². The molecule has 7 heteroatoms. The normalized spacial score (nSPS) is 17.6. The van der Waals surface area contributed by atoms with Crippen molar-refractivity contribution in [2.45, 2.75) is 25.7 Å². The summed E-state index contributed by atoms with van der Waals surface area (Å²) >= 11 is 0. The van der Waals surface area contributed by atoms with E-state index >= 15 is 0 Å². The van der Waals surface area contributed by atoms with Gasteiger partial charge in [-0.3, -0.25) is 9.89 Å². The van der Waals surface area contributed by atoms with Gasteiger partial charge in [-0.15, -0.1) is 0 Å². The van der Waals surface area contributed by atoms with Gasteiger partial charge in [-0.25, -0.2) is 4.98 Å². The lowest BCUT2D eigenvalue weighted by atomic mass is 9.97. The maximum atomic E-state index is 12.6. The number of nitrogens with zero attached hydrogens (tertiary/aromatic N) is 4. The number of rotatable bonds is 3. The Balaban J connectivity index is 1.50. The summed E-state index contributed by atoms with van der Waals surface area (Å²) in [5.74, 6) is 2.21. The first-order chi connectivity index (χ1) is 12.2. The molecular formula is C18H19N5O2. The predicted octanol–water partition coefficient (Wildman–Crippen LogP) is 2.79. The van der Waals surface area contributed by atoms with E-state index in [1.807, 2.05) is 35.2 Å². The number of hydrogen-bond donors (Lipinski definition) is 1. The second-order valence-electron chi connectivity index (χ2n) is 6.32. The molecule has 1 atom stereocenters. The molecule has 25 heavy (non-hydrogen) atoms. The van der Waals surface area contributed by atoms with E-state index in [9.17, 15) is 4.79 Å². The highest BCUT2D eigenvalue weighted by Gasteiger charge is 2.29. The Morgan fingerprint density at radius 1 is 1.32 bits per heavy atom. The number of likely N-dealkylation sites (tertiary alicyclic amines) is 1. The number of carbonyl (C=O) groups excluding carboxylic acids is 1. The van der Waals surface area contributed by atoms with Crippen LogP contribution in [0.15, 0.2) is 40.9 Å². The first-order valence-corrected chi connectivity index (χ1v) is 8.41. The van der Waals surface area contributed by atoms with Crippen molar-refractivity contribution in [3.05, 3.63) is 53.7 Å². The molecule has 1 aromatic carbocycles. The van der Waals surface area contributed by atoms with E-state index in [0.717, 1.165) is 30.8 Å². The van der Waals surface area contributed by atoms with Crippen molar-refractivity contribution in [3.63, 3.8) is 0 Å². The fourth-order valence-electron chi connectivity index (χ4n) is 3.19. The van der Waals surface area contributed by atoms with Crippen LogP contribution in [0.1, 0.15) is 40.8 Å². The van der Waals surface area contributed by atoms with Crippen molar-refractivity contribution in [3.8, 4) is 11.4 Å². The molecule has 1 aliphatic heterocycles. The van der Waals surface area contributed by atoms with Gasteiger partial charge in [0.2, 0.25) is 0 Å². The molecule has 1 N–H and O–H groups in total. The third-order valence-corrected chi connectivity index (χ3v) is 4.48. The fourth-order valence-corrected chi connectivity index (χ4v) is 3.19. The summed E-state index contributed by atoms with van der Waals surface area (Å²) in [6.45, 7) is 3.11. The molecule has 0 saturated carbocycles. The summed E-state index contributed by atoms with van der Waals surface area (Å²) in [6.07, 6.45) is 1.90.